The lowest BCUT2D eigenvalue weighted by atomic mass is 9.96. The highest BCUT2D eigenvalue weighted by atomic mass is 32.2. The number of nitrogens with zero attached hydrogens (tertiary/aromatic N) is 1. The molecule has 1 fully saturated rings. The first kappa shape index (κ1) is 20.2. The van der Waals surface area contributed by atoms with Crippen LogP contribution < -0.4 is 10.6 Å². The quantitative estimate of drug-likeness (QED) is 0.641. The average molecular weight is 383 g/mol. The molecule has 1 aromatic carbocycles. The van der Waals surface area contributed by atoms with Gasteiger partial charge in [-0.05, 0) is 50.0 Å². The molecule has 0 radical (unpaired) electrons. The van der Waals surface area contributed by atoms with Gasteiger partial charge in [-0.25, -0.2) is 13.2 Å². The van der Waals surface area contributed by atoms with Crippen LogP contribution >= 0.6 is 0 Å². The van der Waals surface area contributed by atoms with E-state index in [1.807, 2.05) is 0 Å². The van der Waals surface area contributed by atoms with Crippen LogP contribution in [0.4, 0.5) is 4.79 Å². The summed E-state index contributed by atoms with van der Waals surface area (Å²) in [5.74, 6) is 0.0873. The molecule has 0 saturated carbocycles. The van der Waals surface area contributed by atoms with Crippen molar-refractivity contribution in [2.45, 2.75) is 17.7 Å². The van der Waals surface area contributed by atoms with Crippen LogP contribution in [-0.4, -0.2) is 69.4 Å². The number of rotatable bonds is 7. The van der Waals surface area contributed by atoms with Gasteiger partial charge in [-0.2, -0.15) is 0 Å². The Kier molecular flexibility index (Phi) is 6.98. The van der Waals surface area contributed by atoms with Crippen molar-refractivity contribution >= 4 is 21.8 Å². The molecule has 0 spiro atoms. The van der Waals surface area contributed by atoms with E-state index in [1.165, 1.54) is 12.1 Å². The van der Waals surface area contributed by atoms with Crippen LogP contribution in [0, 0.1) is 5.92 Å². The zero-order valence-corrected chi connectivity index (χ0v) is 15.6. The second kappa shape index (κ2) is 9.00. The molecule has 26 heavy (non-hydrogen) atoms. The number of sulfone groups is 1. The maximum absolute atomic E-state index is 12.3. The normalized spacial score (nSPS) is 16.2. The van der Waals surface area contributed by atoms with E-state index in [1.54, 1.807) is 12.1 Å². The lowest BCUT2D eigenvalue weighted by Crippen LogP contribution is -2.41. The van der Waals surface area contributed by atoms with Crippen LogP contribution in [0.1, 0.15) is 23.2 Å². The van der Waals surface area contributed by atoms with Crippen molar-refractivity contribution in [1.82, 2.24) is 15.5 Å². The molecule has 0 aliphatic carbocycles. The predicted molar refractivity (Wildman–Crippen MR) is 97.1 cm³/mol. The molecule has 0 atom stereocenters. The van der Waals surface area contributed by atoms with Gasteiger partial charge in [-0.3, -0.25) is 4.79 Å². The van der Waals surface area contributed by atoms with Gasteiger partial charge in [0, 0.05) is 31.5 Å². The average Bonchev–Trinajstić information content (AvgIpc) is 2.60. The van der Waals surface area contributed by atoms with E-state index in [9.17, 15) is 18.0 Å². The number of carbonyl (C=O) groups excluding carboxylic acids is 1. The van der Waals surface area contributed by atoms with Gasteiger partial charge in [-0.15, -0.1) is 0 Å². The molecule has 1 saturated heterocycles. The fourth-order valence-electron chi connectivity index (χ4n) is 2.94. The summed E-state index contributed by atoms with van der Waals surface area (Å²) in [4.78, 5) is 25.0. The first-order chi connectivity index (χ1) is 12.3. The summed E-state index contributed by atoms with van der Waals surface area (Å²) in [5.41, 5.74) is 0.338. The predicted octanol–water partition coefficient (Wildman–Crippen LogP) is 0.800. The smallest absolute Gasteiger partial charge is 0.404 e. The molecule has 0 bridgehead atoms. The van der Waals surface area contributed by atoms with Gasteiger partial charge in [0.25, 0.3) is 5.91 Å². The Bertz CT molecular complexity index is 743. The summed E-state index contributed by atoms with van der Waals surface area (Å²) < 4.78 is 23.2. The summed E-state index contributed by atoms with van der Waals surface area (Å²) in [6.45, 7) is 3.37. The topological polar surface area (TPSA) is 116 Å². The van der Waals surface area contributed by atoms with Crippen LogP contribution in [0.25, 0.3) is 0 Å². The van der Waals surface area contributed by atoms with Gasteiger partial charge < -0.3 is 20.6 Å². The summed E-state index contributed by atoms with van der Waals surface area (Å²) >= 11 is 0. The minimum atomic E-state index is -3.34. The molecule has 0 unspecified atom stereocenters. The van der Waals surface area contributed by atoms with Gasteiger partial charge in [0.2, 0.25) is 0 Å². The lowest BCUT2D eigenvalue weighted by molar-refractivity contribution is 0.0936. The molecule has 0 aromatic heterocycles. The van der Waals surface area contributed by atoms with E-state index < -0.39 is 15.9 Å². The van der Waals surface area contributed by atoms with Crippen molar-refractivity contribution in [2.75, 3.05) is 39.0 Å². The highest BCUT2D eigenvalue weighted by Crippen LogP contribution is 2.16. The van der Waals surface area contributed by atoms with E-state index in [4.69, 9.17) is 5.11 Å². The first-order valence-corrected chi connectivity index (χ1v) is 10.4. The highest BCUT2D eigenvalue weighted by molar-refractivity contribution is 7.90. The van der Waals surface area contributed by atoms with Gasteiger partial charge >= 0.3 is 6.09 Å². The van der Waals surface area contributed by atoms with Crippen molar-refractivity contribution in [3.05, 3.63) is 29.8 Å². The van der Waals surface area contributed by atoms with Gasteiger partial charge in [0.1, 0.15) is 0 Å². The standard InChI is InChI=1S/C17H25N3O5S/c1-26(24,25)15-4-2-3-14(11-15)16(21)19-12-13-5-8-20(9-6-13)10-7-18-17(22)23/h2-4,11,13,18H,5-10,12H2,1H3,(H,19,21)(H,22,23). The van der Waals surface area contributed by atoms with Crippen molar-refractivity contribution in [3.8, 4) is 0 Å². The van der Waals surface area contributed by atoms with Gasteiger partial charge in [0.05, 0.1) is 4.90 Å². The molecule has 1 heterocycles. The lowest BCUT2D eigenvalue weighted by Gasteiger charge is -2.31. The summed E-state index contributed by atoms with van der Waals surface area (Å²) in [6.07, 6.45) is 1.96. The minimum Gasteiger partial charge on any atom is -0.465 e. The van der Waals surface area contributed by atoms with Crippen LogP contribution in [0.3, 0.4) is 0 Å². The SMILES string of the molecule is CS(=O)(=O)c1cccc(C(=O)NCC2CCN(CCNC(=O)O)CC2)c1. The number of carboxylic acid groups (broad SMARTS) is 1. The van der Waals surface area contributed by atoms with Crippen LogP contribution in [-0.2, 0) is 9.84 Å². The van der Waals surface area contributed by atoms with Crippen LogP contribution in [0.5, 0.6) is 0 Å². The summed E-state index contributed by atoms with van der Waals surface area (Å²) in [7, 11) is -3.34. The highest BCUT2D eigenvalue weighted by Gasteiger charge is 2.20. The Morgan fingerprint density at radius 1 is 1.23 bits per heavy atom. The number of piperidine rings is 1. The van der Waals surface area contributed by atoms with E-state index >= 15 is 0 Å². The monoisotopic (exact) mass is 383 g/mol. The molecule has 3 N–H and O–H groups in total. The number of benzene rings is 1. The first-order valence-electron chi connectivity index (χ1n) is 8.53. The summed E-state index contributed by atoms with van der Waals surface area (Å²) in [6, 6.07) is 6.03. The second-order valence-corrected chi connectivity index (χ2v) is 8.54. The Balaban J connectivity index is 1.76. The third kappa shape index (κ3) is 6.30. The number of nitrogens with one attached hydrogen (secondary N) is 2. The largest absolute Gasteiger partial charge is 0.465 e. The Morgan fingerprint density at radius 3 is 2.54 bits per heavy atom. The number of amides is 2. The molecular weight excluding hydrogens is 358 g/mol. The maximum atomic E-state index is 12.3. The Hall–Kier alpha value is -2.13. The third-order valence-corrected chi connectivity index (χ3v) is 5.60. The van der Waals surface area contributed by atoms with Crippen molar-refractivity contribution in [3.63, 3.8) is 0 Å². The molecule has 9 heteroatoms. The third-order valence-electron chi connectivity index (χ3n) is 4.49. The molecule has 144 valence electrons. The van der Waals surface area contributed by atoms with Gasteiger partial charge in [0.15, 0.2) is 9.84 Å². The molecule has 1 aliphatic rings. The fraction of sp³-hybridized carbons (Fsp3) is 0.529. The van der Waals surface area contributed by atoms with Crippen LogP contribution in [0.2, 0.25) is 0 Å². The Labute approximate surface area is 153 Å². The number of hydrogen-bond acceptors (Lipinski definition) is 5. The Morgan fingerprint density at radius 2 is 1.92 bits per heavy atom. The van der Waals surface area contributed by atoms with Crippen LogP contribution in [0.15, 0.2) is 29.2 Å². The molecule has 2 amide bonds. The summed E-state index contributed by atoms with van der Waals surface area (Å²) in [5, 5.41) is 13.8. The molecular formula is C17H25N3O5S. The zero-order chi connectivity index (χ0) is 19.2. The van der Waals surface area contributed by atoms with Crippen molar-refractivity contribution < 1.29 is 23.1 Å². The van der Waals surface area contributed by atoms with E-state index in [2.05, 4.69) is 15.5 Å². The molecule has 1 aliphatic heterocycles. The maximum Gasteiger partial charge on any atom is 0.404 e. The number of likely N-dealkylation sites (tertiary alicyclic amines) is 1. The van der Waals surface area contributed by atoms with Crippen molar-refractivity contribution in [2.24, 2.45) is 5.92 Å². The van der Waals surface area contributed by atoms with E-state index in [0.29, 0.717) is 31.1 Å². The second-order valence-electron chi connectivity index (χ2n) is 6.53. The minimum absolute atomic E-state index is 0.133. The number of carbonyl (C=O) groups is 2. The zero-order valence-electron chi connectivity index (χ0n) is 14.8. The molecule has 8 nitrogen and oxygen atoms in total. The van der Waals surface area contributed by atoms with Gasteiger partial charge in [-0.1, -0.05) is 6.07 Å². The fourth-order valence-corrected chi connectivity index (χ4v) is 3.61. The number of hydrogen-bond donors (Lipinski definition) is 3. The van der Waals surface area contributed by atoms with E-state index in [0.717, 1.165) is 32.2 Å². The van der Waals surface area contributed by atoms with E-state index in [-0.39, 0.29) is 10.8 Å². The molecule has 1 aromatic rings. The molecule has 2 rings (SSSR count). The van der Waals surface area contributed by atoms with Crippen molar-refractivity contribution in [1.29, 1.82) is 0 Å².